The van der Waals surface area contributed by atoms with E-state index in [4.69, 9.17) is 15.9 Å². The lowest BCUT2D eigenvalue weighted by Crippen LogP contribution is -2.42. The molecule has 0 spiro atoms. The van der Waals surface area contributed by atoms with Gasteiger partial charge in [0.25, 0.3) is 0 Å². The number of hydrogen-bond acceptors (Lipinski definition) is 6. The summed E-state index contributed by atoms with van der Waals surface area (Å²) in [5, 5.41) is 23.7. The molecule has 0 fully saturated rings. The highest BCUT2D eigenvalue weighted by Gasteiger charge is 2.12. The average Bonchev–Trinajstić information content (AvgIpc) is 2.82. The van der Waals surface area contributed by atoms with Crippen molar-refractivity contribution >= 4 is 11.5 Å². The highest BCUT2D eigenvalue weighted by atomic mass is 16.3. The van der Waals surface area contributed by atoms with Gasteiger partial charge in [0, 0.05) is 0 Å². The second-order valence-electron chi connectivity index (χ2n) is 3.27. The van der Waals surface area contributed by atoms with Crippen LogP contribution in [0.25, 0.3) is 5.52 Å². The number of nitrogens with zero attached hydrogens (tertiary/aromatic N) is 5. The van der Waals surface area contributed by atoms with Crippen LogP contribution in [-0.4, -0.2) is 56.0 Å². The zero-order chi connectivity index (χ0) is 11.5. The van der Waals surface area contributed by atoms with Crippen LogP contribution in [0, 0.1) is 0 Å². The SMILES string of the molecule is Nc1ncc2cnn(N(CCO)CCO)n12. The van der Waals surface area contributed by atoms with E-state index >= 15 is 0 Å². The van der Waals surface area contributed by atoms with Crippen molar-refractivity contribution in [1.29, 1.82) is 0 Å². The number of nitrogens with two attached hydrogens (primary N) is 1. The first-order valence-electron chi connectivity index (χ1n) is 4.92. The third kappa shape index (κ3) is 1.68. The van der Waals surface area contributed by atoms with E-state index in [1.54, 1.807) is 21.9 Å². The molecule has 0 aliphatic rings. The van der Waals surface area contributed by atoms with E-state index in [-0.39, 0.29) is 13.2 Å². The lowest BCUT2D eigenvalue weighted by atomic mass is 10.6. The van der Waals surface area contributed by atoms with E-state index in [9.17, 15) is 0 Å². The molecule has 0 atom stereocenters. The molecule has 0 amide bonds. The average molecular weight is 226 g/mol. The van der Waals surface area contributed by atoms with Gasteiger partial charge in [-0.05, 0) is 0 Å². The second kappa shape index (κ2) is 4.37. The van der Waals surface area contributed by atoms with E-state index in [0.29, 0.717) is 19.0 Å². The number of fused-ring (bicyclic) bond motifs is 1. The fourth-order valence-corrected chi connectivity index (χ4v) is 1.54. The highest BCUT2D eigenvalue weighted by molar-refractivity contribution is 5.47. The Bertz CT molecular complexity index is 458. The maximum atomic E-state index is 8.93. The summed E-state index contributed by atoms with van der Waals surface area (Å²) in [5.41, 5.74) is 6.45. The smallest absolute Gasteiger partial charge is 0.223 e. The Hall–Kier alpha value is -1.80. The lowest BCUT2D eigenvalue weighted by Gasteiger charge is -2.22. The Morgan fingerprint density at radius 1 is 1.25 bits per heavy atom. The largest absolute Gasteiger partial charge is 0.394 e. The van der Waals surface area contributed by atoms with Gasteiger partial charge in [-0.25, -0.2) is 4.98 Å². The second-order valence-corrected chi connectivity index (χ2v) is 3.27. The molecule has 0 aliphatic heterocycles. The molecule has 0 bridgehead atoms. The van der Waals surface area contributed by atoms with E-state index in [2.05, 4.69) is 10.1 Å². The number of aliphatic hydroxyl groups excluding tert-OH is 2. The molecule has 0 aliphatic carbocycles. The first-order valence-corrected chi connectivity index (χ1v) is 4.92. The predicted octanol–water partition coefficient (Wildman–Crippen LogP) is -1.96. The van der Waals surface area contributed by atoms with Crippen molar-refractivity contribution in [2.24, 2.45) is 0 Å². The van der Waals surface area contributed by atoms with Gasteiger partial charge in [0.15, 0.2) is 0 Å². The monoisotopic (exact) mass is 226 g/mol. The van der Waals surface area contributed by atoms with Gasteiger partial charge in [0.1, 0.15) is 5.52 Å². The molecular formula is C8H14N6O2. The number of aromatic nitrogens is 4. The van der Waals surface area contributed by atoms with E-state index in [1.807, 2.05) is 0 Å². The molecule has 2 rings (SSSR count). The van der Waals surface area contributed by atoms with Gasteiger partial charge in [0.05, 0.1) is 38.7 Å². The molecule has 2 heterocycles. The summed E-state index contributed by atoms with van der Waals surface area (Å²) in [7, 11) is 0. The first kappa shape index (κ1) is 10.7. The standard InChI is InChI=1S/C8H14N6O2/c9-8-10-5-7-6-11-14(13(7)8)12(1-3-15)2-4-16/h5-6,15-16H,1-4H2,(H2,9,10). The van der Waals surface area contributed by atoms with Gasteiger partial charge in [-0.3, -0.25) is 5.01 Å². The Labute approximate surface area is 91.5 Å². The summed E-state index contributed by atoms with van der Waals surface area (Å²) in [6.45, 7) is 0.649. The van der Waals surface area contributed by atoms with Gasteiger partial charge in [0.2, 0.25) is 5.95 Å². The van der Waals surface area contributed by atoms with Crippen LogP contribution in [-0.2, 0) is 0 Å². The molecule has 4 N–H and O–H groups in total. The minimum Gasteiger partial charge on any atom is -0.394 e. The first-order chi connectivity index (χ1) is 7.77. The van der Waals surface area contributed by atoms with Crippen molar-refractivity contribution in [1.82, 2.24) is 19.5 Å². The number of hydrogen-bond donors (Lipinski definition) is 3. The van der Waals surface area contributed by atoms with Crippen LogP contribution >= 0.6 is 0 Å². The van der Waals surface area contributed by atoms with Crippen LogP contribution in [0.15, 0.2) is 12.4 Å². The maximum Gasteiger partial charge on any atom is 0.223 e. The molecule has 0 saturated heterocycles. The Kier molecular flexibility index (Phi) is 2.93. The fraction of sp³-hybridized carbons (Fsp3) is 0.500. The zero-order valence-electron chi connectivity index (χ0n) is 8.69. The third-order valence-corrected chi connectivity index (χ3v) is 2.23. The van der Waals surface area contributed by atoms with E-state index in [0.717, 1.165) is 5.52 Å². The molecule has 0 aromatic carbocycles. The van der Waals surface area contributed by atoms with E-state index in [1.165, 1.54) is 4.91 Å². The number of nitrogen functional groups attached to an aromatic ring is 1. The molecule has 2 aromatic rings. The lowest BCUT2D eigenvalue weighted by molar-refractivity contribution is 0.253. The van der Waals surface area contributed by atoms with Crippen LogP contribution in [0.3, 0.4) is 0 Å². The van der Waals surface area contributed by atoms with Crippen molar-refractivity contribution in [2.45, 2.75) is 0 Å². The molecule has 8 nitrogen and oxygen atoms in total. The number of aliphatic hydroxyl groups is 2. The van der Waals surface area contributed by atoms with Crippen molar-refractivity contribution < 1.29 is 10.2 Å². The van der Waals surface area contributed by atoms with Crippen molar-refractivity contribution in [2.75, 3.05) is 37.0 Å². The highest BCUT2D eigenvalue weighted by Crippen LogP contribution is 2.07. The quantitative estimate of drug-likeness (QED) is 0.546. The van der Waals surface area contributed by atoms with Crippen LogP contribution < -0.4 is 10.7 Å². The van der Waals surface area contributed by atoms with Crippen molar-refractivity contribution in [3.63, 3.8) is 0 Å². The third-order valence-electron chi connectivity index (χ3n) is 2.23. The van der Waals surface area contributed by atoms with Crippen LogP contribution in [0.1, 0.15) is 0 Å². The summed E-state index contributed by atoms with van der Waals surface area (Å²) in [6, 6.07) is 0. The summed E-state index contributed by atoms with van der Waals surface area (Å²) in [6.07, 6.45) is 3.22. The van der Waals surface area contributed by atoms with Crippen LogP contribution in [0.5, 0.6) is 0 Å². The summed E-state index contributed by atoms with van der Waals surface area (Å²) >= 11 is 0. The minimum atomic E-state index is -0.0318. The summed E-state index contributed by atoms with van der Waals surface area (Å²) in [4.78, 5) is 5.44. The molecule has 8 heteroatoms. The molecule has 0 unspecified atom stereocenters. The van der Waals surface area contributed by atoms with Gasteiger partial charge >= 0.3 is 0 Å². The van der Waals surface area contributed by atoms with Crippen molar-refractivity contribution in [3.8, 4) is 0 Å². The Morgan fingerprint density at radius 2 is 1.94 bits per heavy atom. The number of imidazole rings is 1. The molecule has 0 saturated carbocycles. The topological polar surface area (TPSA) is 105 Å². The predicted molar refractivity (Wildman–Crippen MR) is 57.5 cm³/mol. The normalized spacial score (nSPS) is 11.1. The maximum absolute atomic E-state index is 8.93. The molecule has 88 valence electrons. The van der Waals surface area contributed by atoms with Gasteiger partial charge in [-0.15, -0.1) is 10.0 Å². The van der Waals surface area contributed by atoms with Crippen molar-refractivity contribution in [3.05, 3.63) is 12.4 Å². The van der Waals surface area contributed by atoms with Crippen LogP contribution in [0.2, 0.25) is 0 Å². The van der Waals surface area contributed by atoms with Gasteiger partial charge in [-0.1, -0.05) is 0 Å². The summed E-state index contributed by atoms with van der Waals surface area (Å²) in [5.74, 6) is 0.313. The van der Waals surface area contributed by atoms with Gasteiger partial charge in [-0.2, -0.15) is 4.52 Å². The number of anilines is 1. The zero-order valence-corrected chi connectivity index (χ0v) is 8.69. The Morgan fingerprint density at radius 3 is 2.56 bits per heavy atom. The Balaban J connectivity index is 2.38. The summed E-state index contributed by atoms with van der Waals surface area (Å²) < 4.78 is 1.60. The molecule has 16 heavy (non-hydrogen) atoms. The molecule has 0 radical (unpaired) electrons. The minimum absolute atomic E-state index is 0.0318. The van der Waals surface area contributed by atoms with Gasteiger partial charge < -0.3 is 15.9 Å². The molecular weight excluding hydrogens is 212 g/mol. The van der Waals surface area contributed by atoms with Crippen LogP contribution in [0.4, 0.5) is 5.95 Å². The molecule has 2 aromatic heterocycles. The fourth-order valence-electron chi connectivity index (χ4n) is 1.54. The van der Waals surface area contributed by atoms with E-state index < -0.39 is 0 Å². The number of rotatable bonds is 5.